The number of rotatable bonds is 6. The number of para-hydroxylation sites is 1. The molecule has 0 spiro atoms. The second kappa shape index (κ2) is 7.77. The fraction of sp³-hybridized carbons (Fsp3) is 0.455. The van der Waals surface area contributed by atoms with E-state index in [2.05, 4.69) is 11.1 Å². The molecule has 2 aliphatic rings. The van der Waals surface area contributed by atoms with Gasteiger partial charge in [-0.15, -0.1) is 0 Å². The van der Waals surface area contributed by atoms with Gasteiger partial charge in [-0.2, -0.15) is 0 Å². The third-order valence-corrected chi connectivity index (χ3v) is 5.25. The average molecular weight is 413 g/mol. The van der Waals surface area contributed by atoms with Crippen LogP contribution in [0.25, 0.3) is 5.70 Å². The third kappa shape index (κ3) is 3.68. The summed E-state index contributed by atoms with van der Waals surface area (Å²) in [5, 5.41) is 11.7. The van der Waals surface area contributed by atoms with Gasteiger partial charge in [0.1, 0.15) is 24.3 Å². The first-order valence-corrected chi connectivity index (χ1v) is 10.1. The van der Waals surface area contributed by atoms with Gasteiger partial charge in [0.05, 0.1) is 18.0 Å². The first-order valence-electron chi connectivity index (χ1n) is 10.1. The molecule has 1 fully saturated rings. The molecule has 1 atom stereocenters. The summed E-state index contributed by atoms with van der Waals surface area (Å²) >= 11 is 0. The van der Waals surface area contributed by atoms with Crippen molar-refractivity contribution < 1.29 is 24.1 Å². The highest BCUT2D eigenvalue weighted by molar-refractivity contribution is 5.88. The Labute approximate surface area is 175 Å². The van der Waals surface area contributed by atoms with Gasteiger partial charge in [0.25, 0.3) is 0 Å². The molecule has 3 heterocycles. The minimum Gasteiger partial charge on any atom is -0.490 e. The van der Waals surface area contributed by atoms with E-state index in [1.54, 1.807) is 11.6 Å². The summed E-state index contributed by atoms with van der Waals surface area (Å²) in [7, 11) is 0. The second-order valence-electron chi connectivity index (χ2n) is 7.85. The van der Waals surface area contributed by atoms with Crippen LogP contribution in [0.3, 0.4) is 0 Å². The summed E-state index contributed by atoms with van der Waals surface area (Å²) in [6, 6.07) is 7.76. The lowest BCUT2D eigenvalue weighted by molar-refractivity contribution is -0.141. The number of carboxylic acid groups (broad SMARTS) is 1. The number of nitrogens with zero attached hydrogens (tertiary/aromatic N) is 3. The van der Waals surface area contributed by atoms with Crippen molar-refractivity contribution in [2.45, 2.75) is 46.0 Å². The lowest BCUT2D eigenvalue weighted by Crippen LogP contribution is -2.39. The molecule has 8 heteroatoms. The van der Waals surface area contributed by atoms with Gasteiger partial charge < -0.3 is 19.3 Å². The van der Waals surface area contributed by atoms with Crippen molar-refractivity contribution in [2.75, 3.05) is 24.8 Å². The van der Waals surface area contributed by atoms with Crippen molar-refractivity contribution in [2.24, 2.45) is 0 Å². The van der Waals surface area contributed by atoms with Crippen LogP contribution in [0, 0.1) is 6.92 Å². The zero-order valence-corrected chi connectivity index (χ0v) is 17.7. The maximum atomic E-state index is 11.9. The van der Waals surface area contributed by atoms with Crippen LogP contribution < -0.4 is 9.75 Å². The van der Waals surface area contributed by atoms with Crippen molar-refractivity contribution in [3.05, 3.63) is 53.1 Å². The minimum absolute atomic E-state index is 0.141. The van der Waals surface area contributed by atoms with E-state index in [1.165, 1.54) is 0 Å². The summed E-state index contributed by atoms with van der Waals surface area (Å²) in [6.07, 6.45) is 2.47. The van der Waals surface area contributed by atoms with E-state index in [1.807, 2.05) is 50.0 Å². The van der Waals surface area contributed by atoms with Gasteiger partial charge in [-0.05, 0) is 39.8 Å². The first kappa shape index (κ1) is 20.4. The largest absolute Gasteiger partial charge is 0.490 e. The number of ether oxygens (including phenoxy) is 3. The van der Waals surface area contributed by atoms with Gasteiger partial charge in [0.15, 0.2) is 11.5 Å². The normalized spacial score (nSPS) is 20.1. The number of imidazole rings is 1. The van der Waals surface area contributed by atoms with Crippen LogP contribution in [0.2, 0.25) is 0 Å². The lowest BCUT2D eigenvalue weighted by Gasteiger charge is -2.33. The van der Waals surface area contributed by atoms with Crippen molar-refractivity contribution in [3.8, 4) is 5.75 Å². The van der Waals surface area contributed by atoms with Crippen molar-refractivity contribution >= 4 is 11.7 Å². The Hall–Kier alpha value is -2.84. The van der Waals surface area contributed by atoms with Crippen LogP contribution >= 0.6 is 0 Å². The molecular weight excluding hydrogens is 386 g/mol. The fourth-order valence-electron chi connectivity index (χ4n) is 4.01. The van der Waals surface area contributed by atoms with E-state index in [9.17, 15) is 9.90 Å². The highest BCUT2D eigenvalue weighted by Gasteiger charge is 2.33. The summed E-state index contributed by atoms with van der Waals surface area (Å²) in [6.45, 7) is 8.92. The Kier molecular flexibility index (Phi) is 5.29. The number of aryl methyl sites for hydroxylation is 1. The molecule has 2 aromatic rings. The number of hydrogen-bond donors (Lipinski definition) is 1. The number of hydrogen-bond acceptors (Lipinski definition) is 6. The highest BCUT2D eigenvalue weighted by atomic mass is 16.7. The Morgan fingerprint density at radius 3 is 2.80 bits per heavy atom. The molecule has 1 N–H and O–H groups in total. The zero-order valence-electron chi connectivity index (χ0n) is 17.7. The van der Waals surface area contributed by atoms with Gasteiger partial charge in [-0.1, -0.05) is 18.2 Å². The number of benzene rings is 1. The van der Waals surface area contributed by atoms with Gasteiger partial charge in [0, 0.05) is 18.5 Å². The average Bonchev–Trinajstić information content (AvgIpc) is 3.23. The topological polar surface area (TPSA) is 86.1 Å². The van der Waals surface area contributed by atoms with Gasteiger partial charge >= 0.3 is 5.97 Å². The minimum atomic E-state index is -0.989. The molecule has 1 aromatic heterocycles. The Balaban J connectivity index is 1.63. The molecule has 4 rings (SSSR count). The van der Waals surface area contributed by atoms with Crippen molar-refractivity contribution in [3.63, 3.8) is 0 Å². The summed E-state index contributed by atoms with van der Waals surface area (Å²) in [4.78, 5) is 16.3. The molecule has 30 heavy (non-hydrogen) atoms. The van der Waals surface area contributed by atoms with E-state index in [4.69, 9.17) is 14.2 Å². The van der Waals surface area contributed by atoms with Crippen molar-refractivity contribution in [1.29, 1.82) is 0 Å². The summed E-state index contributed by atoms with van der Waals surface area (Å²) < 4.78 is 19.3. The standard InChI is InChI=1S/C22H27N3O5/c1-5-24-17(10-11-19-23-14(2)20(21(26)27)25(19)24)16-8-6-7-9-18(16)28-12-15-13-29-22(3,4)30-15/h6-10,15H,5,11-13H2,1-4H3,(H,26,27). The summed E-state index contributed by atoms with van der Waals surface area (Å²) in [5.41, 5.74) is 2.49. The number of aromatic nitrogens is 2. The molecule has 1 aromatic carbocycles. The predicted molar refractivity (Wildman–Crippen MR) is 111 cm³/mol. The number of carbonyl (C=O) groups is 1. The smallest absolute Gasteiger partial charge is 0.356 e. The maximum Gasteiger partial charge on any atom is 0.356 e. The van der Waals surface area contributed by atoms with Crippen LogP contribution in [-0.4, -0.2) is 52.4 Å². The van der Waals surface area contributed by atoms with Gasteiger partial charge in [0.2, 0.25) is 0 Å². The maximum absolute atomic E-state index is 11.9. The Bertz CT molecular complexity index is 995. The molecule has 8 nitrogen and oxygen atoms in total. The predicted octanol–water partition coefficient (Wildman–Crippen LogP) is 2.98. The first-order chi connectivity index (χ1) is 14.3. The van der Waals surface area contributed by atoms with Crippen LogP contribution in [0.5, 0.6) is 5.75 Å². The Morgan fingerprint density at radius 1 is 1.37 bits per heavy atom. The highest BCUT2D eigenvalue weighted by Crippen LogP contribution is 2.33. The van der Waals surface area contributed by atoms with Crippen LogP contribution in [0.15, 0.2) is 30.3 Å². The monoisotopic (exact) mass is 413 g/mol. The van der Waals surface area contributed by atoms with E-state index in [0.717, 1.165) is 11.3 Å². The van der Waals surface area contributed by atoms with Gasteiger partial charge in [-0.3, -0.25) is 5.01 Å². The Morgan fingerprint density at radius 2 is 2.13 bits per heavy atom. The van der Waals surface area contributed by atoms with Crippen molar-refractivity contribution in [1.82, 2.24) is 9.66 Å². The second-order valence-corrected chi connectivity index (χ2v) is 7.85. The fourth-order valence-corrected chi connectivity index (χ4v) is 4.01. The molecule has 0 amide bonds. The molecular formula is C22H27N3O5. The zero-order chi connectivity index (χ0) is 21.5. The molecule has 0 bridgehead atoms. The van der Waals surface area contributed by atoms with Crippen LogP contribution in [0.4, 0.5) is 0 Å². The molecule has 2 aliphatic heterocycles. The molecule has 0 aliphatic carbocycles. The molecule has 1 saturated heterocycles. The van der Waals surface area contributed by atoms with E-state index in [-0.39, 0.29) is 11.8 Å². The van der Waals surface area contributed by atoms with E-state index < -0.39 is 11.8 Å². The van der Waals surface area contributed by atoms with Crippen LogP contribution in [-0.2, 0) is 15.9 Å². The number of fused-ring (bicyclic) bond motifs is 1. The number of allylic oxidation sites excluding steroid dienone is 1. The third-order valence-electron chi connectivity index (χ3n) is 5.25. The quantitative estimate of drug-likeness (QED) is 0.779. The molecule has 160 valence electrons. The van der Waals surface area contributed by atoms with Crippen LogP contribution in [0.1, 0.15) is 48.3 Å². The summed E-state index contributed by atoms with van der Waals surface area (Å²) in [5.74, 6) is -0.154. The van der Waals surface area contributed by atoms with Gasteiger partial charge in [-0.25, -0.2) is 14.5 Å². The molecule has 0 radical (unpaired) electrons. The SMILES string of the molecule is CCN1C(c2ccccc2OCC2COC(C)(C)O2)=CCc2nc(C)c(C(=O)O)n21. The number of aromatic carboxylic acids is 1. The van der Waals surface area contributed by atoms with E-state index in [0.29, 0.717) is 43.4 Å². The molecule has 1 unspecified atom stereocenters. The molecule has 0 saturated carbocycles. The van der Waals surface area contributed by atoms with E-state index >= 15 is 0 Å². The number of carboxylic acids is 1. The lowest BCUT2D eigenvalue weighted by atomic mass is 10.1.